The zero-order chi connectivity index (χ0) is 15.5. The third kappa shape index (κ3) is 3.92. The molecule has 5 nitrogen and oxygen atoms in total. The van der Waals surface area contributed by atoms with Gasteiger partial charge in [-0.2, -0.15) is 0 Å². The first-order valence-corrected chi connectivity index (χ1v) is 7.64. The molecule has 1 amide bonds. The van der Waals surface area contributed by atoms with E-state index in [9.17, 15) is 4.79 Å². The molecule has 0 bridgehead atoms. The van der Waals surface area contributed by atoms with Crippen molar-refractivity contribution in [2.24, 2.45) is 0 Å². The molecule has 0 saturated carbocycles. The van der Waals surface area contributed by atoms with E-state index < -0.39 is 0 Å². The lowest BCUT2D eigenvalue weighted by atomic mass is 10.0. The number of fused-ring (bicyclic) bond motifs is 1. The number of methoxy groups -OCH3 is 1. The Kier molecular flexibility index (Phi) is 5.80. The Labute approximate surface area is 142 Å². The van der Waals surface area contributed by atoms with E-state index in [1.807, 2.05) is 31.2 Å². The first kappa shape index (κ1) is 17.5. The van der Waals surface area contributed by atoms with E-state index in [1.165, 1.54) is 0 Å². The van der Waals surface area contributed by atoms with Crippen LogP contribution in [-0.4, -0.2) is 37.1 Å². The lowest BCUT2D eigenvalue weighted by Gasteiger charge is -2.24. The molecule has 1 aromatic carbocycles. The largest absolute Gasteiger partial charge is 0.497 e. The monoisotopic (exact) mass is 335 g/mol. The molecule has 1 aliphatic rings. The van der Waals surface area contributed by atoms with Crippen molar-refractivity contribution in [3.63, 3.8) is 0 Å². The molecular formula is C17H22ClN3O2. The predicted octanol–water partition coefficient (Wildman–Crippen LogP) is 2.46. The maximum Gasteiger partial charge on any atom is 0.253 e. The summed E-state index contributed by atoms with van der Waals surface area (Å²) >= 11 is 0. The average molecular weight is 336 g/mol. The number of hydrogen-bond donors (Lipinski definition) is 2. The molecule has 0 spiro atoms. The summed E-state index contributed by atoms with van der Waals surface area (Å²) in [6.45, 7) is 3.79. The Morgan fingerprint density at radius 2 is 2.04 bits per heavy atom. The molecule has 124 valence electrons. The summed E-state index contributed by atoms with van der Waals surface area (Å²) in [4.78, 5) is 17.0. The van der Waals surface area contributed by atoms with Gasteiger partial charge < -0.3 is 15.4 Å². The summed E-state index contributed by atoms with van der Waals surface area (Å²) in [5, 5.41) is 7.36. The number of nitrogens with one attached hydrogen (secondary N) is 2. The molecule has 6 heteroatoms. The van der Waals surface area contributed by atoms with E-state index in [1.54, 1.807) is 7.11 Å². The molecule has 1 saturated heterocycles. The fraction of sp³-hybridized carbons (Fsp3) is 0.412. The molecule has 2 N–H and O–H groups in total. The molecule has 0 atom stereocenters. The zero-order valence-corrected chi connectivity index (χ0v) is 14.2. The van der Waals surface area contributed by atoms with Crippen molar-refractivity contribution in [1.29, 1.82) is 0 Å². The standard InChI is InChI=1S/C17H21N3O2.ClH/c1-11-15(17(21)20-13-5-7-18-8-6-13)9-12-3-4-14(22-2)10-16(12)19-11;/h3-4,9-10,13,18H,5-8H2,1-2H3,(H,20,21);1H. The molecular weight excluding hydrogens is 314 g/mol. The number of nitrogens with zero attached hydrogens (tertiary/aromatic N) is 1. The van der Waals surface area contributed by atoms with Gasteiger partial charge in [0.15, 0.2) is 0 Å². The first-order chi connectivity index (χ1) is 10.7. The van der Waals surface area contributed by atoms with Gasteiger partial charge in [-0.25, -0.2) is 0 Å². The Balaban J connectivity index is 0.00000192. The van der Waals surface area contributed by atoms with Crippen LogP contribution in [0.25, 0.3) is 10.9 Å². The Morgan fingerprint density at radius 1 is 1.30 bits per heavy atom. The first-order valence-electron chi connectivity index (χ1n) is 7.64. The molecule has 1 fully saturated rings. The Morgan fingerprint density at radius 3 is 2.74 bits per heavy atom. The van der Waals surface area contributed by atoms with E-state index >= 15 is 0 Å². The molecule has 0 aliphatic carbocycles. The van der Waals surface area contributed by atoms with E-state index in [-0.39, 0.29) is 24.4 Å². The highest BCUT2D eigenvalue weighted by atomic mass is 35.5. The number of carbonyl (C=O) groups is 1. The minimum absolute atomic E-state index is 0. The van der Waals surface area contributed by atoms with E-state index in [4.69, 9.17) is 4.74 Å². The van der Waals surface area contributed by atoms with E-state index in [2.05, 4.69) is 15.6 Å². The normalized spacial score (nSPS) is 15.0. The molecule has 3 rings (SSSR count). The number of carbonyl (C=O) groups excluding carboxylic acids is 1. The van der Waals surface area contributed by atoms with Gasteiger partial charge in [-0.15, -0.1) is 12.4 Å². The van der Waals surface area contributed by atoms with E-state index in [0.29, 0.717) is 5.56 Å². The molecule has 0 radical (unpaired) electrons. The maximum absolute atomic E-state index is 12.5. The van der Waals surface area contributed by atoms with Crippen LogP contribution < -0.4 is 15.4 Å². The number of piperidine rings is 1. The molecule has 23 heavy (non-hydrogen) atoms. The van der Waals surface area contributed by atoms with Crippen LogP contribution in [0.1, 0.15) is 28.9 Å². The highest BCUT2D eigenvalue weighted by Crippen LogP contribution is 2.22. The number of amides is 1. The topological polar surface area (TPSA) is 63.2 Å². The van der Waals surface area contributed by atoms with Crippen LogP contribution in [0.5, 0.6) is 5.75 Å². The van der Waals surface area contributed by atoms with Gasteiger partial charge in [-0.3, -0.25) is 9.78 Å². The van der Waals surface area contributed by atoms with Crippen LogP contribution in [0.15, 0.2) is 24.3 Å². The quantitative estimate of drug-likeness (QED) is 0.904. The summed E-state index contributed by atoms with van der Waals surface area (Å²) in [6, 6.07) is 7.86. The molecule has 0 unspecified atom stereocenters. The predicted molar refractivity (Wildman–Crippen MR) is 93.6 cm³/mol. The second-order valence-corrected chi connectivity index (χ2v) is 5.68. The smallest absolute Gasteiger partial charge is 0.253 e. The highest BCUT2D eigenvalue weighted by Gasteiger charge is 2.18. The summed E-state index contributed by atoms with van der Waals surface area (Å²) in [7, 11) is 1.63. The van der Waals surface area contributed by atoms with Gasteiger partial charge in [-0.05, 0) is 51.1 Å². The number of rotatable bonds is 3. The van der Waals surface area contributed by atoms with Crippen molar-refractivity contribution < 1.29 is 9.53 Å². The molecule has 2 aromatic rings. The SMILES string of the molecule is COc1ccc2cc(C(=O)NC3CCNCC3)c(C)nc2c1.Cl. The van der Waals surface area contributed by atoms with Crippen LogP contribution in [0.3, 0.4) is 0 Å². The zero-order valence-electron chi connectivity index (χ0n) is 13.4. The number of halogens is 1. The van der Waals surface area contributed by atoms with Gasteiger partial charge in [0.2, 0.25) is 0 Å². The van der Waals surface area contributed by atoms with Crippen molar-refractivity contribution in [1.82, 2.24) is 15.6 Å². The second-order valence-electron chi connectivity index (χ2n) is 5.68. The van der Waals surface area contributed by atoms with Crippen LogP contribution in [0.4, 0.5) is 0 Å². The van der Waals surface area contributed by atoms with Gasteiger partial charge in [0.1, 0.15) is 5.75 Å². The number of pyridine rings is 1. The van der Waals surface area contributed by atoms with Gasteiger partial charge >= 0.3 is 0 Å². The number of aromatic nitrogens is 1. The average Bonchev–Trinajstić information content (AvgIpc) is 2.54. The summed E-state index contributed by atoms with van der Waals surface area (Å²) < 4.78 is 5.22. The van der Waals surface area contributed by atoms with Crippen molar-refractivity contribution in [3.8, 4) is 5.75 Å². The fourth-order valence-electron chi connectivity index (χ4n) is 2.83. The van der Waals surface area contributed by atoms with Gasteiger partial charge in [0, 0.05) is 17.5 Å². The maximum atomic E-state index is 12.5. The molecule has 1 aromatic heterocycles. The Bertz CT molecular complexity index is 700. The number of ether oxygens (including phenoxy) is 1. The van der Waals surface area contributed by atoms with Crippen LogP contribution in [0.2, 0.25) is 0 Å². The van der Waals surface area contributed by atoms with Crippen LogP contribution in [-0.2, 0) is 0 Å². The number of benzene rings is 1. The van der Waals surface area contributed by atoms with Crippen LogP contribution >= 0.6 is 12.4 Å². The van der Waals surface area contributed by atoms with Crippen LogP contribution in [0, 0.1) is 6.92 Å². The lowest BCUT2D eigenvalue weighted by Crippen LogP contribution is -2.42. The minimum atomic E-state index is -0.0328. The van der Waals surface area contributed by atoms with Gasteiger partial charge in [0.05, 0.1) is 23.9 Å². The van der Waals surface area contributed by atoms with Crippen molar-refractivity contribution in [2.45, 2.75) is 25.8 Å². The van der Waals surface area contributed by atoms with E-state index in [0.717, 1.165) is 48.3 Å². The van der Waals surface area contributed by atoms with Gasteiger partial charge in [0.25, 0.3) is 5.91 Å². The molecule has 1 aliphatic heterocycles. The summed E-state index contributed by atoms with van der Waals surface area (Å²) in [5.41, 5.74) is 2.23. The summed E-state index contributed by atoms with van der Waals surface area (Å²) in [6.07, 6.45) is 1.95. The van der Waals surface area contributed by atoms with Crippen molar-refractivity contribution >= 4 is 29.2 Å². The third-order valence-electron chi connectivity index (χ3n) is 4.13. The third-order valence-corrected chi connectivity index (χ3v) is 4.13. The Hall–Kier alpha value is -1.85. The fourth-order valence-corrected chi connectivity index (χ4v) is 2.83. The number of hydrogen-bond acceptors (Lipinski definition) is 4. The lowest BCUT2D eigenvalue weighted by molar-refractivity contribution is 0.0928. The second kappa shape index (κ2) is 7.62. The summed E-state index contributed by atoms with van der Waals surface area (Å²) in [5.74, 6) is 0.737. The van der Waals surface area contributed by atoms with Gasteiger partial charge in [-0.1, -0.05) is 0 Å². The highest BCUT2D eigenvalue weighted by molar-refractivity contribution is 5.98. The number of aryl methyl sites for hydroxylation is 1. The van der Waals surface area contributed by atoms with Crippen molar-refractivity contribution in [2.75, 3.05) is 20.2 Å². The molecule has 2 heterocycles. The minimum Gasteiger partial charge on any atom is -0.497 e. The van der Waals surface area contributed by atoms with Crippen molar-refractivity contribution in [3.05, 3.63) is 35.5 Å².